The third-order valence-corrected chi connectivity index (χ3v) is 7.14. The molecule has 3 rings (SSSR count). The lowest BCUT2D eigenvalue weighted by atomic mass is 10.0. The molecule has 1 aromatic heterocycles. The SMILES string of the molecule is CS(=O)C(C)(C=O)CCn1ccc(-c2ccc(C(=O)NCc3ccccc3)cc2)cc1=O. The Morgan fingerprint density at radius 3 is 2.34 bits per heavy atom. The van der Waals surface area contributed by atoms with Crippen LogP contribution in [0.1, 0.15) is 29.3 Å². The molecule has 0 spiro atoms. The predicted octanol–water partition coefficient (Wildman–Crippen LogP) is 3.17. The van der Waals surface area contributed by atoms with Crippen LogP contribution in [0.15, 0.2) is 77.7 Å². The van der Waals surface area contributed by atoms with Gasteiger partial charge in [0.05, 0.1) is 4.75 Å². The van der Waals surface area contributed by atoms with Gasteiger partial charge in [-0.1, -0.05) is 42.5 Å². The maximum Gasteiger partial charge on any atom is 0.251 e. The monoisotopic (exact) mass is 450 g/mol. The molecule has 32 heavy (non-hydrogen) atoms. The zero-order chi connectivity index (χ0) is 23.1. The Bertz CT molecular complexity index is 1170. The summed E-state index contributed by atoms with van der Waals surface area (Å²) in [6, 6.07) is 20.1. The van der Waals surface area contributed by atoms with E-state index in [0.717, 1.165) is 16.7 Å². The molecule has 6 nitrogen and oxygen atoms in total. The number of hydrogen-bond donors (Lipinski definition) is 1. The van der Waals surface area contributed by atoms with Crippen LogP contribution >= 0.6 is 0 Å². The van der Waals surface area contributed by atoms with Gasteiger partial charge in [-0.3, -0.25) is 13.8 Å². The first-order valence-corrected chi connectivity index (χ1v) is 11.8. The first-order valence-electron chi connectivity index (χ1n) is 10.3. The molecule has 1 amide bonds. The minimum absolute atomic E-state index is 0.164. The molecule has 7 heteroatoms. The summed E-state index contributed by atoms with van der Waals surface area (Å²) in [7, 11) is -1.32. The van der Waals surface area contributed by atoms with Gasteiger partial charge in [0.1, 0.15) is 6.29 Å². The van der Waals surface area contributed by atoms with E-state index < -0.39 is 15.5 Å². The standard InChI is InChI=1S/C25H26N2O4S/c1-25(18-28,32(2)31)13-15-27-14-12-22(16-23(27)29)20-8-10-21(11-9-20)24(30)26-17-19-6-4-3-5-7-19/h3-12,14,16,18H,13,15,17H2,1-2H3,(H,26,30). The summed E-state index contributed by atoms with van der Waals surface area (Å²) in [5.74, 6) is -0.164. The topological polar surface area (TPSA) is 85.2 Å². The zero-order valence-corrected chi connectivity index (χ0v) is 18.9. The third-order valence-electron chi connectivity index (χ3n) is 5.53. The van der Waals surface area contributed by atoms with Crippen LogP contribution < -0.4 is 10.9 Å². The van der Waals surface area contributed by atoms with Gasteiger partial charge in [-0.15, -0.1) is 0 Å². The van der Waals surface area contributed by atoms with Gasteiger partial charge in [-0.2, -0.15) is 0 Å². The minimum Gasteiger partial charge on any atom is -0.348 e. The van der Waals surface area contributed by atoms with Gasteiger partial charge < -0.3 is 14.7 Å². The Kier molecular flexibility index (Phi) is 7.53. The van der Waals surface area contributed by atoms with E-state index in [2.05, 4.69) is 5.32 Å². The fourth-order valence-electron chi connectivity index (χ4n) is 3.18. The highest BCUT2D eigenvalue weighted by atomic mass is 32.2. The molecule has 0 saturated carbocycles. The van der Waals surface area contributed by atoms with Crippen molar-refractivity contribution in [3.63, 3.8) is 0 Å². The van der Waals surface area contributed by atoms with Gasteiger partial charge in [0.15, 0.2) is 0 Å². The van der Waals surface area contributed by atoms with Crippen LogP contribution in [0.5, 0.6) is 0 Å². The van der Waals surface area contributed by atoms with Crippen molar-refractivity contribution in [3.8, 4) is 11.1 Å². The number of nitrogens with zero attached hydrogens (tertiary/aromatic N) is 1. The summed E-state index contributed by atoms with van der Waals surface area (Å²) >= 11 is 0. The van der Waals surface area contributed by atoms with Crippen LogP contribution in [-0.2, 0) is 28.7 Å². The highest BCUT2D eigenvalue weighted by Gasteiger charge is 2.28. The number of aldehydes is 1. The Balaban J connectivity index is 1.66. The summed E-state index contributed by atoms with van der Waals surface area (Å²) in [4.78, 5) is 36.2. The summed E-state index contributed by atoms with van der Waals surface area (Å²) in [5.41, 5.74) is 2.92. The van der Waals surface area contributed by atoms with Crippen LogP contribution in [0, 0.1) is 0 Å². The first kappa shape index (κ1) is 23.3. The van der Waals surface area contributed by atoms with Crippen LogP contribution in [-0.4, -0.2) is 32.0 Å². The van der Waals surface area contributed by atoms with Crippen molar-refractivity contribution >= 4 is 23.0 Å². The fourth-order valence-corrected chi connectivity index (χ4v) is 3.69. The molecule has 0 bridgehead atoms. The molecule has 1 N–H and O–H groups in total. The Morgan fingerprint density at radius 1 is 1.06 bits per heavy atom. The number of benzene rings is 2. The Labute approximate surface area is 189 Å². The zero-order valence-electron chi connectivity index (χ0n) is 18.1. The van der Waals surface area contributed by atoms with Crippen molar-refractivity contribution in [1.82, 2.24) is 9.88 Å². The molecule has 2 atom stereocenters. The lowest BCUT2D eigenvalue weighted by Crippen LogP contribution is -2.34. The van der Waals surface area contributed by atoms with Gasteiger partial charge in [0, 0.05) is 48.0 Å². The van der Waals surface area contributed by atoms with E-state index in [1.165, 1.54) is 16.9 Å². The number of carbonyl (C=O) groups is 2. The summed E-state index contributed by atoms with van der Waals surface area (Å²) < 4.78 is 12.3. The van der Waals surface area contributed by atoms with E-state index in [1.54, 1.807) is 37.4 Å². The fraction of sp³-hybridized carbons (Fsp3) is 0.240. The van der Waals surface area contributed by atoms with Gasteiger partial charge in [-0.05, 0) is 48.2 Å². The smallest absolute Gasteiger partial charge is 0.251 e. The number of aromatic nitrogens is 1. The lowest BCUT2D eigenvalue weighted by Gasteiger charge is -2.20. The molecular formula is C25H26N2O4S. The number of hydrogen-bond acceptors (Lipinski definition) is 4. The largest absolute Gasteiger partial charge is 0.348 e. The van der Waals surface area contributed by atoms with E-state index >= 15 is 0 Å². The lowest BCUT2D eigenvalue weighted by molar-refractivity contribution is -0.109. The molecule has 0 saturated heterocycles. The van der Waals surface area contributed by atoms with Crippen molar-refractivity contribution in [1.29, 1.82) is 0 Å². The summed E-state index contributed by atoms with van der Waals surface area (Å²) in [6.07, 6.45) is 4.17. The second kappa shape index (κ2) is 10.3. The molecule has 0 aliphatic rings. The van der Waals surface area contributed by atoms with E-state index in [0.29, 0.717) is 31.4 Å². The van der Waals surface area contributed by atoms with E-state index in [-0.39, 0.29) is 11.5 Å². The highest BCUT2D eigenvalue weighted by molar-refractivity contribution is 7.86. The van der Waals surface area contributed by atoms with Crippen LogP contribution in [0.2, 0.25) is 0 Å². The number of carbonyl (C=O) groups excluding carboxylic acids is 2. The highest BCUT2D eigenvalue weighted by Crippen LogP contribution is 2.19. The first-order chi connectivity index (χ1) is 15.3. The number of amides is 1. The van der Waals surface area contributed by atoms with Crippen molar-refractivity contribution < 1.29 is 13.8 Å². The molecule has 1 heterocycles. The van der Waals surface area contributed by atoms with Gasteiger partial charge in [0.2, 0.25) is 0 Å². The van der Waals surface area contributed by atoms with E-state index in [1.807, 2.05) is 36.4 Å². The summed E-state index contributed by atoms with van der Waals surface area (Å²) in [6.45, 7) is 2.38. The molecule has 0 fully saturated rings. The molecule has 0 aliphatic carbocycles. The average molecular weight is 451 g/mol. The molecular weight excluding hydrogens is 424 g/mol. The molecule has 0 radical (unpaired) electrons. The van der Waals surface area contributed by atoms with Crippen molar-refractivity contribution in [3.05, 3.63) is 94.4 Å². The normalized spacial score (nSPS) is 13.7. The predicted molar refractivity (Wildman–Crippen MR) is 127 cm³/mol. The molecule has 2 aromatic carbocycles. The van der Waals surface area contributed by atoms with Gasteiger partial charge in [0.25, 0.3) is 11.5 Å². The van der Waals surface area contributed by atoms with Crippen LogP contribution in [0.25, 0.3) is 11.1 Å². The van der Waals surface area contributed by atoms with Crippen LogP contribution in [0.3, 0.4) is 0 Å². The van der Waals surface area contributed by atoms with Crippen molar-refractivity contribution in [2.45, 2.75) is 31.2 Å². The maximum atomic E-state index is 12.5. The Morgan fingerprint density at radius 2 is 1.75 bits per heavy atom. The molecule has 2 unspecified atom stereocenters. The number of pyridine rings is 1. The summed E-state index contributed by atoms with van der Waals surface area (Å²) in [5, 5.41) is 2.89. The molecule has 3 aromatic rings. The molecule has 166 valence electrons. The second-order valence-corrected chi connectivity index (χ2v) is 9.67. The third kappa shape index (κ3) is 5.68. The quantitative estimate of drug-likeness (QED) is 0.508. The second-order valence-electron chi connectivity index (χ2n) is 7.83. The van der Waals surface area contributed by atoms with E-state index in [4.69, 9.17) is 0 Å². The maximum absolute atomic E-state index is 12.5. The van der Waals surface area contributed by atoms with E-state index in [9.17, 15) is 18.6 Å². The van der Waals surface area contributed by atoms with Gasteiger partial charge in [-0.25, -0.2) is 0 Å². The Hall–Kier alpha value is -3.32. The van der Waals surface area contributed by atoms with Crippen molar-refractivity contribution in [2.24, 2.45) is 0 Å². The average Bonchev–Trinajstić information content (AvgIpc) is 2.82. The van der Waals surface area contributed by atoms with Crippen molar-refractivity contribution in [2.75, 3.05) is 6.26 Å². The number of aryl methyl sites for hydroxylation is 1. The number of rotatable bonds is 9. The van der Waals surface area contributed by atoms with Gasteiger partial charge >= 0.3 is 0 Å². The minimum atomic E-state index is -1.32. The molecule has 0 aliphatic heterocycles. The number of nitrogens with one attached hydrogen (secondary N) is 1. The van der Waals surface area contributed by atoms with Crippen LogP contribution in [0.4, 0.5) is 0 Å².